The maximum atomic E-state index is 11.4. The summed E-state index contributed by atoms with van der Waals surface area (Å²) in [7, 11) is 3.17. The minimum absolute atomic E-state index is 0.105. The van der Waals surface area contributed by atoms with Crippen molar-refractivity contribution in [1.82, 2.24) is 5.32 Å². The summed E-state index contributed by atoms with van der Waals surface area (Å²) in [5.41, 5.74) is 1.05. The van der Waals surface area contributed by atoms with Crippen LogP contribution in [-0.4, -0.2) is 20.1 Å². The normalized spacial score (nSPS) is 12.2. The molecule has 0 aliphatic rings. The molecule has 0 fully saturated rings. The summed E-state index contributed by atoms with van der Waals surface area (Å²) in [6.45, 7) is 0. The minimum Gasteiger partial charge on any atom is -0.463 e. The SMILES string of the molecule is CNC(c1ccc(Br)cc1)c1ccc(C(=O)OC)o1. The van der Waals surface area contributed by atoms with Crippen LogP contribution in [0, 0.1) is 0 Å². The van der Waals surface area contributed by atoms with E-state index >= 15 is 0 Å². The standard InChI is InChI=1S/C14H14BrNO3/c1-16-13(9-3-5-10(15)6-4-9)11-7-8-12(19-11)14(17)18-2/h3-8,13,16H,1-2H3. The molecule has 0 amide bonds. The van der Waals surface area contributed by atoms with Crippen molar-refractivity contribution in [3.8, 4) is 0 Å². The van der Waals surface area contributed by atoms with Crippen molar-refractivity contribution in [3.63, 3.8) is 0 Å². The number of ether oxygens (including phenoxy) is 1. The first kappa shape index (κ1) is 13.8. The molecule has 2 aromatic rings. The monoisotopic (exact) mass is 323 g/mol. The third kappa shape index (κ3) is 3.05. The number of benzene rings is 1. The number of carbonyl (C=O) groups is 1. The molecule has 1 aromatic heterocycles. The maximum absolute atomic E-state index is 11.4. The van der Waals surface area contributed by atoms with E-state index in [-0.39, 0.29) is 11.8 Å². The summed E-state index contributed by atoms with van der Waals surface area (Å²) in [5, 5.41) is 3.16. The lowest BCUT2D eigenvalue weighted by Crippen LogP contribution is -2.16. The van der Waals surface area contributed by atoms with Crippen molar-refractivity contribution in [3.05, 3.63) is 58.0 Å². The van der Waals surface area contributed by atoms with E-state index in [9.17, 15) is 4.79 Å². The van der Waals surface area contributed by atoms with E-state index in [1.54, 1.807) is 12.1 Å². The molecule has 0 aliphatic carbocycles. The predicted molar refractivity (Wildman–Crippen MR) is 75.1 cm³/mol. The van der Waals surface area contributed by atoms with E-state index in [0.29, 0.717) is 5.76 Å². The van der Waals surface area contributed by atoms with Crippen LogP contribution >= 0.6 is 15.9 Å². The fourth-order valence-corrected chi connectivity index (χ4v) is 2.11. The zero-order valence-electron chi connectivity index (χ0n) is 10.6. The second-order valence-electron chi connectivity index (χ2n) is 3.97. The van der Waals surface area contributed by atoms with Gasteiger partial charge in [0.2, 0.25) is 5.76 Å². The average molecular weight is 324 g/mol. The molecule has 2 rings (SSSR count). The Bertz CT molecular complexity index is 562. The second-order valence-corrected chi connectivity index (χ2v) is 4.88. The molecule has 0 saturated carbocycles. The van der Waals surface area contributed by atoms with Crippen LogP contribution in [0.15, 0.2) is 45.3 Å². The van der Waals surface area contributed by atoms with Gasteiger partial charge in [0.1, 0.15) is 5.76 Å². The number of halogens is 1. The number of carbonyl (C=O) groups excluding carboxylic acids is 1. The fraction of sp³-hybridized carbons (Fsp3) is 0.214. The van der Waals surface area contributed by atoms with Gasteiger partial charge in [-0.25, -0.2) is 4.79 Å². The molecule has 4 nitrogen and oxygen atoms in total. The summed E-state index contributed by atoms with van der Waals surface area (Å²) in [4.78, 5) is 11.4. The Morgan fingerprint density at radius 2 is 1.95 bits per heavy atom. The first-order valence-electron chi connectivity index (χ1n) is 5.76. The highest BCUT2D eigenvalue weighted by Gasteiger charge is 2.18. The van der Waals surface area contributed by atoms with Gasteiger partial charge >= 0.3 is 5.97 Å². The Kier molecular flexibility index (Phi) is 4.39. The number of hydrogen-bond acceptors (Lipinski definition) is 4. The molecule has 0 radical (unpaired) electrons. The van der Waals surface area contributed by atoms with Crippen molar-refractivity contribution < 1.29 is 13.9 Å². The summed E-state index contributed by atoms with van der Waals surface area (Å²) in [5.74, 6) is 0.400. The number of hydrogen-bond donors (Lipinski definition) is 1. The molecule has 1 N–H and O–H groups in total. The summed E-state index contributed by atoms with van der Waals surface area (Å²) < 4.78 is 11.2. The molecule has 5 heteroatoms. The largest absolute Gasteiger partial charge is 0.463 e. The molecule has 0 bridgehead atoms. The highest BCUT2D eigenvalue weighted by atomic mass is 79.9. The van der Waals surface area contributed by atoms with Crippen LogP contribution in [0.3, 0.4) is 0 Å². The van der Waals surface area contributed by atoms with Crippen molar-refractivity contribution >= 4 is 21.9 Å². The number of rotatable bonds is 4. The van der Waals surface area contributed by atoms with Gasteiger partial charge in [-0.15, -0.1) is 0 Å². The first-order chi connectivity index (χ1) is 9.15. The average Bonchev–Trinajstić information content (AvgIpc) is 2.90. The summed E-state index contributed by atoms with van der Waals surface area (Å²) in [6, 6.07) is 11.2. The van der Waals surface area contributed by atoms with E-state index in [1.165, 1.54) is 7.11 Å². The highest BCUT2D eigenvalue weighted by Crippen LogP contribution is 2.25. The van der Waals surface area contributed by atoms with Crippen LogP contribution < -0.4 is 5.32 Å². The van der Waals surface area contributed by atoms with E-state index in [0.717, 1.165) is 10.0 Å². The van der Waals surface area contributed by atoms with Crippen LogP contribution in [0.4, 0.5) is 0 Å². The molecule has 0 spiro atoms. The Morgan fingerprint density at radius 1 is 1.26 bits per heavy atom. The Hall–Kier alpha value is -1.59. The van der Waals surface area contributed by atoms with Gasteiger partial charge in [0.15, 0.2) is 0 Å². The van der Waals surface area contributed by atoms with Crippen molar-refractivity contribution in [2.75, 3.05) is 14.2 Å². The van der Waals surface area contributed by atoms with Crippen molar-refractivity contribution in [2.45, 2.75) is 6.04 Å². The van der Waals surface area contributed by atoms with Gasteiger partial charge in [0.25, 0.3) is 0 Å². The molecule has 0 saturated heterocycles. The number of furan rings is 1. The van der Waals surface area contributed by atoms with E-state index < -0.39 is 5.97 Å². The highest BCUT2D eigenvalue weighted by molar-refractivity contribution is 9.10. The van der Waals surface area contributed by atoms with Gasteiger partial charge in [-0.05, 0) is 36.9 Å². The lowest BCUT2D eigenvalue weighted by atomic mass is 10.1. The van der Waals surface area contributed by atoms with Crippen molar-refractivity contribution in [2.24, 2.45) is 0 Å². The molecule has 1 unspecified atom stereocenters. The molecule has 100 valence electrons. The molecule has 1 heterocycles. The van der Waals surface area contributed by atoms with E-state index in [2.05, 4.69) is 26.0 Å². The van der Waals surface area contributed by atoms with Gasteiger partial charge in [-0.1, -0.05) is 28.1 Å². The number of esters is 1. The summed E-state index contributed by atoms with van der Waals surface area (Å²) in [6.07, 6.45) is 0. The van der Waals surface area contributed by atoms with Gasteiger partial charge in [0.05, 0.1) is 13.2 Å². The van der Waals surface area contributed by atoms with Crippen LogP contribution in [0.1, 0.15) is 27.9 Å². The zero-order valence-corrected chi connectivity index (χ0v) is 12.2. The third-order valence-electron chi connectivity index (χ3n) is 2.79. The van der Waals surface area contributed by atoms with Gasteiger partial charge in [-0.3, -0.25) is 0 Å². The van der Waals surface area contributed by atoms with Crippen LogP contribution in [0.5, 0.6) is 0 Å². The fourth-order valence-electron chi connectivity index (χ4n) is 1.85. The van der Waals surface area contributed by atoms with Crippen LogP contribution in [0.25, 0.3) is 0 Å². The van der Waals surface area contributed by atoms with Crippen LogP contribution in [-0.2, 0) is 4.74 Å². The first-order valence-corrected chi connectivity index (χ1v) is 6.55. The van der Waals surface area contributed by atoms with E-state index in [1.807, 2.05) is 31.3 Å². The second kappa shape index (κ2) is 6.04. The predicted octanol–water partition coefficient (Wildman–Crippen LogP) is 3.14. The zero-order chi connectivity index (χ0) is 13.8. The van der Waals surface area contributed by atoms with Gasteiger partial charge < -0.3 is 14.5 Å². The van der Waals surface area contributed by atoms with Gasteiger partial charge in [-0.2, -0.15) is 0 Å². The molecular weight excluding hydrogens is 310 g/mol. The molecule has 1 atom stereocenters. The molecule has 1 aromatic carbocycles. The molecular formula is C14H14BrNO3. The quantitative estimate of drug-likeness (QED) is 0.878. The lowest BCUT2D eigenvalue weighted by molar-refractivity contribution is 0.0562. The molecule has 19 heavy (non-hydrogen) atoms. The van der Waals surface area contributed by atoms with Crippen LogP contribution in [0.2, 0.25) is 0 Å². The number of nitrogens with one attached hydrogen (secondary N) is 1. The Balaban J connectivity index is 2.29. The number of methoxy groups -OCH3 is 1. The molecule has 0 aliphatic heterocycles. The topological polar surface area (TPSA) is 51.5 Å². The van der Waals surface area contributed by atoms with Crippen molar-refractivity contribution in [1.29, 1.82) is 0 Å². The van der Waals surface area contributed by atoms with E-state index in [4.69, 9.17) is 4.42 Å². The smallest absolute Gasteiger partial charge is 0.373 e. The summed E-state index contributed by atoms with van der Waals surface area (Å²) >= 11 is 3.40. The van der Waals surface area contributed by atoms with Gasteiger partial charge in [0, 0.05) is 4.47 Å². The maximum Gasteiger partial charge on any atom is 0.373 e. The lowest BCUT2D eigenvalue weighted by Gasteiger charge is -2.14. The third-order valence-corrected chi connectivity index (χ3v) is 3.32. The minimum atomic E-state index is -0.475. The Labute approximate surface area is 119 Å². The Morgan fingerprint density at radius 3 is 2.53 bits per heavy atom.